The SMILES string of the molecule is CCCN(CCO)C(=O)c1nc(Cl)ccc1Cl. The van der Waals surface area contributed by atoms with E-state index < -0.39 is 0 Å². The number of aliphatic hydroxyl groups excluding tert-OH is 1. The number of carbonyl (C=O) groups excluding carboxylic acids is 1. The summed E-state index contributed by atoms with van der Waals surface area (Å²) in [5.74, 6) is -0.312. The number of amides is 1. The third kappa shape index (κ3) is 3.84. The van der Waals surface area contributed by atoms with Crippen LogP contribution in [0, 0.1) is 0 Å². The van der Waals surface area contributed by atoms with E-state index in [0.717, 1.165) is 6.42 Å². The van der Waals surface area contributed by atoms with Gasteiger partial charge in [-0.15, -0.1) is 0 Å². The van der Waals surface area contributed by atoms with Crippen LogP contribution in [0.5, 0.6) is 0 Å². The van der Waals surface area contributed by atoms with Gasteiger partial charge in [0, 0.05) is 13.1 Å². The monoisotopic (exact) mass is 276 g/mol. The summed E-state index contributed by atoms with van der Waals surface area (Å²) in [4.78, 5) is 17.5. The standard InChI is InChI=1S/C11H14Cl2N2O2/c1-2-5-15(6-7-16)11(17)10-8(12)3-4-9(13)14-10/h3-4,16H,2,5-7H2,1H3. The fourth-order valence-electron chi connectivity index (χ4n) is 1.42. The first-order valence-corrected chi connectivity index (χ1v) is 6.08. The van der Waals surface area contributed by atoms with Gasteiger partial charge in [-0.2, -0.15) is 0 Å². The maximum atomic E-state index is 12.1. The average Bonchev–Trinajstić information content (AvgIpc) is 2.31. The molecule has 1 amide bonds. The van der Waals surface area contributed by atoms with Gasteiger partial charge in [-0.3, -0.25) is 4.79 Å². The minimum absolute atomic E-state index is 0.0933. The first-order valence-electron chi connectivity index (χ1n) is 5.32. The van der Waals surface area contributed by atoms with Crippen LogP contribution >= 0.6 is 23.2 Å². The van der Waals surface area contributed by atoms with Crippen LogP contribution in [-0.4, -0.2) is 40.6 Å². The Morgan fingerprint density at radius 2 is 2.12 bits per heavy atom. The molecule has 1 aromatic rings. The molecule has 0 fully saturated rings. The number of halogens is 2. The molecule has 1 aromatic heterocycles. The predicted molar refractivity (Wildman–Crippen MR) is 67.5 cm³/mol. The van der Waals surface area contributed by atoms with E-state index in [0.29, 0.717) is 6.54 Å². The zero-order valence-electron chi connectivity index (χ0n) is 9.49. The Morgan fingerprint density at radius 3 is 2.71 bits per heavy atom. The van der Waals surface area contributed by atoms with Crippen molar-refractivity contribution in [2.45, 2.75) is 13.3 Å². The average molecular weight is 277 g/mol. The minimum atomic E-state index is -0.312. The lowest BCUT2D eigenvalue weighted by Gasteiger charge is -2.20. The summed E-state index contributed by atoms with van der Waals surface area (Å²) in [5, 5.41) is 9.39. The van der Waals surface area contributed by atoms with Crippen LogP contribution in [0.15, 0.2) is 12.1 Å². The second-order valence-corrected chi connectivity index (χ2v) is 4.27. The first kappa shape index (κ1) is 14.2. The van der Waals surface area contributed by atoms with Gasteiger partial charge in [-0.25, -0.2) is 4.98 Å². The van der Waals surface area contributed by atoms with Crippen LogP contribution in [0.1, 0.15) is 23.8 Å². The second kappa shape index (κ2) is 6.79. The molecule has 0 atom stereocenters. The van der Waals surface area contributed by atoms with Gasteiger partial charge in [-0.05, 0) is 18.6 Å². The topological polar surface area (TPSA) is 53.4 Å². The van der Waals surface area contributed by atoms with E-state index in [1.807, 2.05) is 6.92 Å². The second-order valence-electron chi connectivity index (χ2n) is 3.48. The Bertz CT molecular complexity index is 393. The molecule has 0 aromatic carbocycles. The molecule has 0 aliphatic heterocycles. The quantitative estimate of drug-likeness (QED) is 0.840. The van der Waals surface area contributed by atoms with E-state index in [1.54, 1.807) is 0 Å². The van der Waals surface area contributed by atoms with Crippen LogP contribution in [0.3, 0.4) is 0 Å². The van der Waals surface area contributed by atoms with Gasteiger partial charge in [0.1, 0.15) is 10.8 Å². The highest BCUT2D eigenvalue weighted by Crippen LogP contribution is 2.18. The first-order chi connectivity index (χ1) is 8.10. The van der Waals surface area contributed by atoms with Crippen molar-refractivity contribution in [3.8, 4) is 0 Å². The van der Waals surface area contributed by atoms with Gasteiger partial charge >= 0.3 is 0 Å². The third-order valence-electron chi connectivity index (χ3n) is 2.17. The maximum absolute atomic E-state index is 12.1. The number of aromatic nitrogens is 1. The normalized spacial score (nSPS) is 10.4. The summed E-state index contributed by atoms with van der Waals surface area (Å²) in [6.45, 7) is 2.66. The van der Waals surface area contributed by atoms with Gasteiger partial charge in [0.25, 0.3) is 5.91 Å². The summed E-state index contributed by atoms with van der Waals surface area (Å²) in [7, 11) is 0. The number of nitrogens with zero attached hydrogens (tertiary/aromatic N) is 2. The van der Waals surface area contributed by atoms with Crippen molar-refractivity contribution in [3.63, 3.8) is 0 Å². The number of carbonyl (C=O) groups is 1. The van der Waals surface area contributed by atoms with Crippen LogP contribution < -0.4 is 0 Å². The summed E-state index contributed by atoms with van der Waals surface area (Å²) in [6.07, 6.45) is 0.796. The Hall–Kier alpha value is -0.840. The lowest BCUT2D eigenvalue weighted by Crippen LogP contribution is -2.35. The third-order valence-corrected chi connectivity index (χ3v) is 2.68. The Morgan fingerprint density at radius 1 is 1.41 bits per heavy atom. The molecule has 6 heteroatoms. The highest BCUT2D eigenvalue weighted by atomic mass is 35.5. The summed E-state index contributed by atoms with van der Waals surface area (Å²) >= 11 is 11.6. The van der Waals surface area contributed by atoms with Crippen molar-refractivity contribution < 1.29 is 9.90 Å². The van der Waals surface area contributed by atoms with E-state index in [9.17, 15) is 4.79 Å². The van der Waals surface area contributed by atoms with Crippen LogP contribution in [-0.2, 0) is 0 Å². The summed E-state index contributed by atoms with van der Waals surface area (Å²) in [5.41, 5.74) is 0.126. The van der Waals surface area contributed by atoms with Crippen molar-refractivity contribution in [2.75, 3.05) is 19.7 Å². The number of hydrogen-bond donors (Lipinski definition) is 1. The number of pyridine rings is 1. The molecule has 17 heavy (non-hydrogen) atoms. The van der Waals surface area contributed by atoms with Gasteiger partial charge in [0.15, 0.2) is 0 Å². The smallest absolute Gasteiger partial charge is 0.274 e. The molecule has 0 aliphatic rings. The molecule has 0 aliphatic carbocycles. The summed E-state index contributed by atoms with van der Waals surface area (Å²) < 4.78 is 0. The number of rotatable bonds is 5. The zero-order valence-corrected chi connectivity index (χ0v) is 11.0. The van der Waals surface area contributed by atoms with Crippen molar-refractivity contribution >= 4 is 29.1 Å². The molecule has 1 heterocycles. The molecule has 0 unspecified atom stereocenters. The molecular formula is C11H14Cl2N2O2. The van der Waals surface area contributed by atoms with E-state index in [2.05, 4.69) is 4.98 Å². The van der Waals surface area contributed by atoms with Gasteiger partial charge in [-0.1, -0.05) is 30.1 Å². The predicted octanol–water partition coefficient (Wildman–Crippen LogP) is 2.23. The van der Waals surface area contributed by atoms with Crippen molar-refractivity contribution in [1.82, 2.24) is 9.88 Å². The highest BCUT2D eigenvalue weighted by molar-refractivity contribution is 6.34. The van der Waals surface area contributed by atoms with E-state index in [-0.39, 0.29) is 34.9 Å². The Labute approximate surface area is 110 Å². The molecule has 0 spiro atoms. The van der Waals surface area contributed by atoms with E-state index >= 15 is 0 Å². The molecule has 0 saturated carbocycles. The largest absolute Gasteiger partial charge is 0.395 e. The molecule has 4 nitrogen and oxygen atoms in total. The van der Waals surface area contributed by atoms with E-state index in [4.69, 9.17) is 28.3 Å². The lowest BCUT2D eigenvalue weighted by molar-refractivity contribution is 0.0716. The van der Waals surface area contributed by atoms with Gasteiger partial charge in [0.2, 0.25) is 0 Å². The number of aliphatic hydroxyl groups is 1. The zero-order chi connectivity index (χ0) is 12.8. The van der Waals surface area contributed by atoms with Gasteiger partial charge < -0.3 is 10.0 Å². The summed E-state index contributed by atoms with van der Waals surface area (Å²) in [6, 6.07) is 3.06. The minimum Gasteiger partial charge on any atom is -0.395 e. The fourth-order valence-corrected chi connectivity index (χ4v) is 1.76. The van der Waals surface area contributed by atoms with Crippen LogP contribution in [0.2, 0.25) is 10.2 Å². The molecular weight excluding hydrogens is 263 g/mol. The molecule has 1 N–H and O–H groups in total. The Balaban J connectivity index is 2.95. The molecule has 0 saturated heterocycles. The lowest BCUT2D eigenvalue weighted by atomic mass is 10.3. The van der Waals surface area contributed by atoms with Crippen LogP contribution in [0.25, 0.3) is 0 Å². The fraction of sp³-hybridized carbons (Fsp3) is 0.455. The maximum Gasteiger partial charge on any atom is 0.274 e. The van der Waals surface area contributed by atoms with Gasteiger partial charge in [0.05, 0.1) is 11.6 Å². The molecule has 0 radical (unpaired) electrons. The molecule has 0 bridgehead atoms. The van der Waals surface area contributed by atoms with E-state index in [1.165, 1.54) is 17.0 Å². The molecule has 94 valence electrons. The Kier molecular flexibility index (Phi) is 5.68. The number of hydrogen-bond acceptors (Lipinski definition) is 3. The van der Waals surface area contributed by atoms with Crippen molar-refractivity contribution in [1.29, 1.82) is 0 Å². The van der Waals surface area contributed by atoms with Crippen molar-refractivity contribution in [2.24, 2.45) is 0 Å². The molecule has 1 rings (SSSR count). The highest BCUT2D eigenvalue weighted by Gasteiger charge is 2.19. The van der Waals surface area contributed by atoms with Crippen molar-refractivity contribution in [3.05, 3.63) is 28.0 Å². The van der Waals surface area contributed by atoms with Crippen LogP contribution in [0.4, 0.5) is 0 Å².